The van der Waals surface area contributed by atoms with Crippen LogP contribution in [0.25, 0.3) is 0 Å². The summed E-state index contributed by atoms with van der Waals surface area (Å²) in [6, 6.07) is 12.1. The van der Waals surface area contributed by atoms with Gasteiger partial charge in [-0.1, -0.05) is 18.2 Å². The minimum absolute atomic E-state index is 0.0294. The molecule has 2 aromatic carbocycles. The van der Waals surface area contributed by atoms with Crippen molar-refractivity contribution in [2.45, 2.75) is 13.0 Å². The third-order valence-corrected chi connectivity index (χ3v) is 3.09. The highest BCUT2D eigenvalue weighted by molar-refractivity contribution is 5.97. The molecule has 1 atom stereocenters. The van der Waals surface area contributed by atoms with Crippen LogP contribution in [-0.2, 0) is 9.53 Å². The summed E-state index contributed by atoms with van der Waals surface area (Å²) < 4.78 is 23.6. The number of halogens is 1. The lowest BCUT2D eigenvalue weighted by Gasteiger charge is -2.14. The summed E-state index contributed by atoms with van der Waals surface area (Å²) in [6.07, 6.45) is -1.08. The number of anilines is 1. The number of para-hydroxylation sites is 1. The fourth-order valence-corrected chi connectivity index (χ4v) is 1.83. The summed E-state index contributed by atoms with van der Waals surface area (Å²) >= 11 is 0. The maximum Gasteiger partial charge on any atom is 0.339 e. The smallest absolute Gasteiger partial charge is 0.339 e. The molecule has 6 heteroatoms. The number of benzene rings is 2. The zero-order chi connectivity index (χ0) is 16.8. The van der Waals surface area contributed by atoms with Crippen LogP contribution in [-0.4, -0.2) is 25.1 Å². The van der Waals surface area contributed by atoms with Crippen LogP contribution in [0.1, 0.15) is 17.3 Å². The highest BCUT2D eigenvalue weighted by Gasteiger charge is 2.20. The molecule has 0 aliphatic rings. The average molecular weight is 317 g/mol. The summed E-state index contributed by atoms with van der Waals surface area (Å²) in [6.45, 7) is 1.41. The zero-order valence-corrected chi connectivity index (χ0v) is 12.7. The molecule has 0 fully saturated rings. The Morgan fingerprint density at radius 3 is 2.57 bits per heavy atom. The Bertz CT molecular complexity index is 717. The lowest BCUT2D eigenvalue weighted by Crippen LogP contribution is -2.30. The Labute approximate surface area is 133 Å². The monoisotopic (exact) mass is 317 g/mol. The number of esters is 1. The first-order valence-corrected chi connectivity index (χ1v) is 6.91. The van der Waals surface area contributed by atoms with Crippen LogP contribution in [0.4, 0.5) is 10.1 Å². The van der Waals surface area contributed by atoms with Crippen molar-refractivity contribution >= 4 is 17.6 Å². The van der Waals surface area contributed by atoms with Gasteiger partial charge in [-0.05, 0) is 37.3 Å². The van der Waals surface area contributed by atoms with Crippen LogP contribution in [0, 0.1) is 5.82 Å². The molecule has 2 rings (SSSR count). The van der Waals surface area contributed by atoms with Crippen molar-refractivity contribution in [2.24, 2.45) is 0 Å². The van der Waals surface area contributed by atoms with E-state index in [2.05, 4.69) is 5.32 Å². The van der Waals surface area contributed by atoms with Crippen molar-refractivity contribution in [1.29, 1.82) is 0 Å². The maximum absolute atomic E-state index is 13.5. The summed E-state index contributed by atoms with van der Waals surface area (Å²) in [7, 11) is 1.48. The minimum atomic E-state index is -1.08. The van der Waals surface area contributed by atoms with Gasteiger partial charge in [-0.3, -0.25) is 4.79 Å². The number of hydrogen-bond acceptors (Lipinski definition) is 4. The zero-order valence-electron chi connectivity index (χ0n) is 12.7. The van der Waals surface area contributed by atoms with Crippen LogP contribution in [0.3, 0.4) is 0 Å². The fourth-order valence-electron chi connectivity index (χ4n) is 1.83. The number of nitrogens with one attached hydrogen (secondary N) is 1. The van der Waals surface area contributed by atoms with Crippen LogP contribution < -0.4 is 10.1 Å². The van der Waals surface area contributed by atoms with Gasteiger partial charge in [0, 0.05) is 0 Å². The first kappa shape index (κ1) is 16.5. The fraction of sp³-hybridized carbons (Fsp3) is 0.176. The first-order valence-electron chi connectivity index (χ1n) is 6.91. The van der Waals surface area contributed by atoms with E-state index in [4.69, 9.17) is 9.47 Å². The molecule has 0 aliphatic heterocycles. The quantitative estimate of drug-likeness (QED) is 0.861. The highest BCUT2D eigenvalue weighted by atomic mass is 19.1. The van der Waals surface area contributed by atoms with Gasteiger partial charge < -0.3 is 14.8 Å². The Morgan fingerprint density at radius 1 is 1.13 bits per heavy atom. The second kappa shape index (κ2) is 7.40. The van der Waals surface area contributed by atoms with Gasteiger partial charge in [0.15, 0.2) is 6.10 Å². The minimum Gasteiger partial charge on any atom is -0.497 e. The molecular formula is C17H16FNO4. The van der Waals surface area contributed by atoms with Crippen molar-refractivity contribution in [3.63, 3.8) is 0 Å². The standard InChI is InChI=1S/C17H16FNO4/c1-11(16(20)19-15-9-4-3-8-14(15)18)23-17(21)12-6-5-7-13(10-12)22-2/h3-11H,1-2H3,(H,19,20)/t11-/m0/s1. The molecule has 0 aromatic heterocycles. The summed E-state index contributed by atoms with van der Waals surface area (Å²) in [5.41, 5.74) is 0.289. The van der Waals surface area contributed by atoms with E-state index in [1.165, 1.54) is 38.3 Å². The molecule has 0 unspecified atom stereocenters. The van der Waals surface area contributed by atoms with Gasteiger partial charge >= 0.3 is 5.97 Å². The van der Waals surface area contributed by atoms with Crippen LogP contribution >= 0.6 is 0 Å². The van der Waals surface area contributed by atoms with Gasteiger partial charge in [0.1, 0.15) is 11.6 Å². The van der Waals surface area contributed by atoms with E-state index >= 15 is 0 Å². The number of methoxy groups -OCH3 is 1. The largest absolute Gasteiger partial charge is 0.497 e. The number of hydrogen-bond donors (Lipinski definition) is 1. The molecule has 0 radical (unpaired) electrons. The molecule has 0 aliphatic carbocycles. The Kier molecular flexibility index (Phi) is 5.30. The van der Waals surface area contributed by atoms with E-state index in [1.807, 2.05) is 0 Å². The Balaban J connectivity index is 2.00. The van der Waals surface area contributed by atoms with Gasteiger partial charge in [0.25, 0.3) is 5.91 Å². The van der Waals surface area contributed by atoms with Crippen molar-refractivity contribution in [2.75, 3.05) is 12.4 Å². The number of amides is 1. The van der Waals surface area contributed by atoms with E-state index in [0.29, 0.717) is 5.75 Å². The van der Waals surface area contributed by atoms with Crippen molar-refractivity contribution in [1.82, 2.24) is 0 Å². The predicted molar refractivity (Wildman–Crippen MR) is 82.9 cm³/mol. The van der Waals surface area contributed by atoms with Crippen molar-refractivity contribution in [3.8, 4) is 5.75 Å². The lowest BCUT2D eigenvalue weighted by molar-refractivity contribution is -0.123. The van der Waals surface area contributed by atoms with Crippen LogP contribution in [0.5, 0.6) is 5.75 Å². The maximum atomic E-state index is 13.5. The van der Waals surface area contributed by atoms with Crippen LogP contribution in [0.2, 0.25) is 0 Å². The number of carbonyl (C=O) groups excluding carboxylic acids is 2. The number of ether oxygens (including phenoxy) is 2. The van der Waals surface area contributed by atoms with Crippen molar-refractivity contribution < 1.29 is 23.5 Å². The van der Waals surface area contributed by atoms with Crippen molar-refractivity contribution in [3.05, 3.63) is 59.9 Å². The van der Waals surface area contributed by atoms with Gasteiger partial charge in [0.2, 0.25) is 0 Å². The third kappa shape index (κ3) is 4.29. The van der Waals surface area contributed by atoms with E-state index in [0.717, 1.165) is 0 Å². The predicted octanol–water partition coefficient (Wildman–Crippen LogP) is 3.02. The molecule has 0 spiro atoms. The molecule has 0 saturated heterocycles. The Morgan fingerprint density at radius 2 is 1.87 bits per heavy atom. The molecule has 5 nitrogen and oxygen atoms in total. The van der Waals surface area contributed by atoms with E-state index in [1.54, 1.807) is 24.3 Å². The van der Waals surface area contributed by atoms with Gasteiger partial charge in [-0.25, -0.2) is 9.18 Å². The third-order valence-electron chi connectivity index (χ3n) is 3.09. The normalized spacial score (nSPS) is 11.4. The second-order valence-corrected chi connectivity index (χ2v) is 4.75. The molecule has 23 heavy (non-hydrogen) atoms. The van der Waals surface area contributed by atoms with E-state index < -0.39 is 23.8 Å². The molecule has 120 valence electrons. The molecule has 0 saturated carbocycles. The topological polar surface area (TPSA) is 64.6 Å². The van der Waals surface area contributed by atoms with Gasteiger partial charge in [0.05, 0.1) is 18.4 Å². The van der Waals surface area contributed by atoms with Gasteiger partial charge in [-0.15, -0.1) is 0 Å². The molecule has 0 heterocycles. The molecule has 0 bridgehead atoms. The molecule has 1 N–H and O–H groups in total. The summed E-state index contributed by atoms with van der Waals surface area (Å²) in [5.74, 6) is -1.35. The number of rotatable bonds is 5. The molecular weight excluding hydrogens is 301 g/mol. The lowest BCUT2D eigenvalue weighted by atomic mass is 10.2. The Hall–Kier alpha value is -2.89. The summed E-state index contributed by atoms with van der Waals surface area (Å²) in [5, 5.41) is 2.37. The molecule has 1 amide bonds. The molecule has 2 aromatic rings. The van der Waals surface area contributed by atoms with E-state index in [9.17, 15) is 14.0 Å². The first-order chi connectivity index (χ1) is 11.0. The van der Waals surface area contributed by atoms with Gasteiger partial charge in [-0.2, -0.15) is 0 Å². The highest BCUT2D eigenvalue weighted by Crippen LogP contribution is 2.15. The summed E-state index contributed by atoms with van der Waals surface area (Å²) in [4.78, 5) is 24.0. The van der Waals surface area contributed by atoms with Crippen LogP contribution in [0.15, 0.2) is 48.5 Å². The van der Waals surface area contributed by atoms with E-state index in [-0.39, 0.29) is 11.3 Å². The second-order valence-electron chi connectivity index (χ2n) is 4.75. The average Bonchev–Trinajstić information content (AvgIpc) is 2.56. The SMILES string of the molecule is COc1cccc(C(=O)O[C@@H](C)C(=O)Nc2ccccc2F)c1. The number of carbonyl (C=O) groups is 2.